The Morgan fingerprint density at radius 2 is 2.33 bits per heavy atom. The lowest BCUT2D eigenvalue weighted by atomic mass is 10.1. The van der Waals surface area contributed by atoms with E-state index in [0.717, 1.165) is 12.8 Å². The Bertz CT molecular complexity index is 304. The molecule has 0 atom stereocenters. The molecule has 0 aliphatic heterocycles. The summed E-state index contributed by atoms with van der Waals surface area (Å²) in [7, 11) is 0. The first kappa shape index (κ1) is 11.8. The molecular weight excluding hydrogens is 184 g/mol. The summed E-state index contributed by atoms with van der Waals surface area (Å²) in [6, 6.07) is 2.04. The van der Waals surface area contributed by atoms with Crippen molar-refractivity contribution in [3.05, 3.63) is 48.0 Å². The Kier molecular flexibility index (Phi) is 5.60. The highest BCUT2D eigenvalue weighted by atomic mass is 16.3. The molecule has 0 aromatic carbocycles. The second kappa shape index (κ2) is 7.10. The molecule has 0 amide bonds. The van der Waals surface area contributed by atoms with Crippen molar-refractivity contribution >= 4 is 0 Å². The molecule has 1 aromatic rings. The van der Waals surface area contributed by atoms with E-state index < -0.39 is 0 Å². The molecule has 0 aliphatic rings. The summed E-state index contributed by atoms with van der Waals surface area (Å²) < 4.78 is 5.03. The molecule has 1 heteroatoms. The Hall–Kier alpha value is -1.24. The van der Waals surface area contributed by atoms with Crippen molar-refractivity contribution in [2.24, 2.45) is 0 Å². The summed E-state index contributed by atoms with van der Waals surface area (Å²) in [5.74, 6) is 0. The predicted octanol–water partition coefficient (Wildman–Crippen LogP) is 4.51. The highest BCUT2D eigenvalue weighted by Crippen LogP contribution is 2.10. The summed E-state index contributed by atoms with van der Waals surface area (Å²) >= 11 is 0. The van der Waals surface area contributed by atoms with Crippen LogP contribution in [0.5, 0.6) is 0 Å². The third-order valence-corrected chi connectivity index (χ3v) is 2.37. The van der Waals surface area contributed by atoms with Gasteiger partial charge in [0.1, 0.15) is 0 Å². The maximum atomic E-state index is 5.03. The Balaban J connectivity index is 2.19. The van der Waals surface area contributed by atoms with E-state index in [9.17, 15) is 0 Å². The van der Waals surface area contributed by atoms with Crippen LogP contribution in [-0.4, -0.2) is 0 Å². The van der Waals surface area contributed by atoms with Crippen molar-refractivity contribution in [1.29, 1.82) is 0 Å². The van der Waals surface area contributed by atoms with E-state index in [4.69, 9.17) is 4.42 Å². The average molecular weight is 204 g/mol. The van der Waals surface area contributed by atoms with Crippen LogP contribution >= 0.6 is 0 Å². The van der Waals surface area contributed by atoms with Crippen LogP contribution in [0, 0.1) is 0 Å². The third-order valence-electron chi connectivity index (χ3n) is 2.37. The Labute approximate surface area is 92.5 Å². The van der Waals surface area contributed by atoms with Gasteiger partial charge in [0.05, 0.1) is 12.5 Å². The molecule has 0 spiro atoms. The lowest BCUT2D eigenvalue weighted by Gasteiger charge is -1.98. The van der Waals surface area contributed by atoms with Crippen LogP contribution in [0.25, 0.3) is 0 Å². The van der Waals surface area contributed by atoms with Gasteiger partial charge in [0.2, 0.25) is 0 Å². The highest BCUT2D eigenvalue weighted by molar-refractivity contribution is 5.11. The molecule has 1 rings (SSSR count). The molecule has 0 radical (unpaired) electrons. The van der Waals surface area contributed by atoms with Gasteiger partial charge in [0.25, 0.3) is 0 Å². The third kappa shape index (κ3) is 5.26. The molecule has 15 heavy (non-hydrogen) atoms. The number of rotatable bonds is 6. The molecule has 0 saturated heterocycles. The lowest BCUT2D eigenvalue weighted by Crippen LogP contribution is -1.83. The van der Waals surface area contributed by atoms with Gasteiger partial charge >= 0.3 is 0 Å². The van der Waals surface area contributed by atoms with Gasteiger partial charge in [-0.15, -0.1) is 0 Å². The molecule has 1 nitrogen and oxygen atoms in total. The maximum Gasteiger partial charge on any atom is 0.0934 e. The Morgan fingerprint density at radius 3 is 3.00 bits per heavy atom. The average Bonchev–Trinajstić information content (AvgIpc) is 2.71. The summed E-state index contributed by atoms with van der Waals surface area (Å²) in [4.78, 5) is 0. The first-order valence-electron chi connectivity index (χ1n) is 5.66. The fourth-order valence-corrected chi connectivity index (χ4v) is 1.46. The van der Waals surface area contributed by atoms with Crippen molar-refractivity contribution in [3.8, 4) is 0 Å². The zero-order valence-electron chi connectivity index (χ0n) is 9.70. The fraction of sp³-hybridized carbons (Fsp3) is 0.429. The van der Waals surface area contributed by atoms with Crippen molar-refractivity contribution in [1.82, 2.24) is 0 Å². The normalized spacial score (nSPS) is 12.5. The number of aryl methyl sites for hydroxylation is 1. The van der Waals surface area contributed by atoms with Crippen LogP contribution in [0.15, 0.2) is 46.8 Å². The van der Waals surface area contributed by atoms with Gasteiger partial charge in [-0.2, -0.15) is 0 Å². The zero-order chi connectivity index (χ0) is 10.9. The van der Waals surface area contributed by atoms with E-state index >= 15 is 0 Å². The van der Waals surface area contributed by atoms with Gasteiger partial charge in [0, 0.05) is 0 Å². The van der Waals surface area contributed by atoms with Gasteiger partial charge in [-0.3, -0.25) is 0 Å². The van der Waals surface area contributed by atoms with Gasteiger partial charge in [-0.05, 0) is 44.2 Å². The summed E-state index contributed by atoms with van der Waals surface area (Å²) in [5, 5.41) is 0. The van der Waals surface area contributed by atoms with Crippen LogP contribution in [0.1, 0.15) is 38.7 Å². The van der Waals surface area contributed by atoms with Gasteiger partial charge < -0.3 is 4.42 Å². The first-order valence-corrected chi connectivity index (χ1v) is 5.66. The van der Waals surface area contributed by atoms with Gasteiger partial charge in [-0.25, -0.2) is 0 Å². The number of allylic oxidation sites excluding steroid dienone is 4. The molecule has 0 unspecified atom stereocenters. The minimum absolute atomic E-state index is 1.11. The number of hydrogen-bond donors (Lipinski definition) is 0. The second-order valence-corrected chi connectivity index (χ2v) is 3.83. The molecular formula is C14H20O. The Morgan fingerprint density at radius 1 is 1.47 bits per heavy atom. The van der Waals surface area contributed by atoms with Crippen molar-refractivity contribution < 1.29 is 4.42 Å². The molecule has 0 fully saturated rings. The van der Waals surface area contributed by atoms with Crippen LogP contribution in [0.4, 0.5) is 0 Å². The molecule has 82 valence electrons. The van der Waals surface area contributed by atoms with Crippen LogP contribution in [0.2, 0.25) is 0 Å². The monoisotopic (exact) mass is 204 g/mol. The molecule has 1 aromatic heterocycles. The molecule has 0 bridgehead atoms. The van der Waals surface area contributed by atoms with Crippen molar-refractivity contribution in [3.63, 3.8) is 0 Å². The summed E-state index contributed by atoms with van der Waals surface area (Å²) in [6.45, 7) is 4.34. The summed E-state index contributed by atoms with van der Waals surface area (Å²) in [5.41, 5.74) is 2.75. The molecule has 0 N–H and O–H groups in total. The van der Waals surface area contributed by atoms with Crippen LogP contribution < -0.4 is 0 Å². The van der Waals surface area contributed by atoms with E-state index in [1.54, 1.807) is 6.26 Å². The van der Waals surface area contributed by atoms with E-state index in [1.807, 2.05) is 12.3 Å². The zero-order valence-corrected chi connectivity index (χ0v) is 9.70. The summed E-state index contributed by atoms with van der Waals surface area (Å²) in [6.07, 6.45) is 14.7. The predicted molar refractivity (Wildman–Crippen MR) is 64.8 cm³/mol. The van der Waals surface area contributed by atoms with Gasteiger partial charge in [-0.1, -0.05) is 30.7 Å². The largest absolute Gasteiger partial charge is 0.472 e. The SMILES string of the molecule is CC/C=C/C=C(\C)CCCc1ccoc1. The van der Waals surface area contributed by atoms with E-state index in [2.05, 4.69) is 32.1 Å². The number of furan rings is 1. The molecule has 0 saturated carbocycles. The smallest absolute Gasteiger partial charge is 0.0934 e. The van der Waals surface area contributed by atoms with Crippen molar-refractivity contribution in [2.75, 3.05) is 0 Å². The molecule has 0 aliphatic carbocycles. The first-order chi connectivity index (χ1) is 7.33. The molecule has 1 heterocycles. The van der Waals surface area contributed by atoms with Crippen LogP contribution in [-0.2, 0) is 6.42 Å². The topological polar surface area (TPSA) is 13.1 Å². The van der Waals surface area contributed by atoms with E-state index in [0.29, 0.717) is 0 Å². The minimum atomic E-state index is 1.11. The number of hydrogen-bond acceptors (Lipinski definition) is 1. The van der Waals surface area contributed by atoms with Crippen molar-refractivity contribution in [2.45, 2.75) is 39.5 Å². The second-order valence-electron chi connectivity index (χ2n) is 3.83. The van der Waals surface area contributed by atoms with Crippen LogP contribution in [0.3, 0.4) is 0 Å². The lowest BCUT2D eigenvalue weighted by molar-refractivity contribution is 0.563. The quantitative estimate of drug-likeness (QED) is 0.621. The maximum absolute atomic E-state index is 5.03. The van der Waals surface area contributed by atoms with Gasteiger partial charge in [0.15, 0.2) is 0 Å². The fourth-order valence-electron chi connectivity index (χ4n) is 1.46. The van der Waals surface area contributed by atoms with E-state index in [1.165, 1.54) is 24.0 Å². The highest BCUT2D eigenvalue weighted by Gasteiger charge is 1.94. The minimum Gasteiger partial charge on any atom is -0.472 e. The van der Waals surface area contributed by atoms with E-state index in [-0.39, 0.29) is 0 Å². The standard InChI is InChI=1S/C14H20O/c1-3-4-5-7-13(2)8-6-9-14-10-11-15-12-14/h4-5,7,10-12H,3,6,8-9H2,1-2H3/b5-4+,13-7+.